The molecule has 10 heteroatoms. The Morgan fingerprint density at radius 2 is 1.69 bits per heavy atom. The van der Waals surface area contributed by atoms with Gasteiger partial charge in [0.05, 0.1) is 30.0 Å². The zero-order valence-corrected chi connectivity index (χ0v) is 17.1. The van der Waals surface area contributed by atoms with Crippen LogP contribution in [0.25, 0.3) is 6.08 Å². The Morgan fingerprint density at radius 1 is 1.06 bits per heavy atom. The first kappa shape index (κ1) is 22.9. The van der Waals surface area contributed by atoms with E-state index in [1.54, 1.807) is 19.9 Å². The molecule has 0 atom stereocenters. The van der Waals surface area contributed by atoms with Crippen molar-refractivity contribution in [1.82, 2.24) is 0 Å². The fraction of sp³-hybridized carbons (Fsp3) is 0.227. The summed E-state index contributed by atoms with van der Waals surface area (Å²) in [5.74, 6) is -1.43. The van der Waals surface area contributed by atoms with Crippen molar-refractivity contribution in [2.75, 3.05) is 18.2 Å². The van der Waals surface area contributed by atoms with E-state index in [2.05, 4.69) is 5.10 Å². The third kappa shape index (κ3) is 4.74. The lowest BCUT2D eigenvalue weighted by atomic mass is 10.1. The zero-order chi connectivity index (χ0) is 23.5. The number of aromatic carboxylic acids is 1. The van der Waals surface area contributed by atoms with Crippen molar-refractivity contribution >= 4 is 29.4 Å². The number of carboxylic acid groups (broad SMARTS) is 1. The first-order valence-electron chi connectivity index (χ1n) is 9.61. The molecule has 2 aromatic rings. The van der Waals surface area contributed by atoms with Crippen molar-refractivity contribution in [2.45, 2.75) is 20.0 Å². The Kier molecular flexibility index (Phi) is 6.52. The summed E-state index contributed by atoms with van der Waals surface area (Å²) in [5.41, 5.74) is -1.77. The third-order valence-electron chi connectivity index (χ3n) is 4.38. The number of hydrogen-bond acceptors (Lipinski definition) is 5. The van der Waals surface area contributed by atoms with Gasteiger partial charge in [-0.3, -0.25) is 4.79 Å². The minimum Gasteiger partial charge on any atom is -0.490 e. The highest BCUT2D eigenvalue weighted by Crippen LogP contribution is 2.34. The van der Waals surface area contributed by atoms with E-state index in [4.69, 9.17) is 14.6 Å². The maximum Gasteiger partial charge on any atom is 0.435 e. The van der Waals surface area contributed by atoms with Crippen LogP contribution in [0.1, 0.15) is 29.8 Å². The summed E-state index contributed by atoms with van der Waals surface area (Å²) in [6.45, 7) is 4.23. The molecule has 1 heterocycles. The number of nitrogens with zero attached hydrogens (tertiary/aromatic N) is 2. The van der Waals surface area contributed by atoms with E-state index in [0.717, 1.165) is 6.08 Å². The molecule has 32 heavy (non-hydrogen) atoms. The maximum atomic E-state index is 13.6. The van der Waals surface area contributed by atoms with E-state index in [0.29, 0.717) is 35.3 Å². The normalized spacial score (nSPS) is 15.2. The Bertz CT molecular complexity index is 1090. The Balaban J connectivity index is 2.02. The number of benzene rings is 2. The number of hydrogen-bond donors (Lipinski definition) is 1. The van der Waals surface area contributed by atoms with Gasteiger partial charge in [-0.05, 0) is 61.9 Å². The number of carbonyl (C=O) groups excluding carboxylic acids is 1. The average Bonchev–Trinajstić information content (AvgIpc) is 3.07. The van der Waals surface area contributed by atoms with Crippen LogP contribution in [-0.2, 0) is 4.79 Å². The number of amides is 1. The molecule has 2 aromatic carbocycles. The molecule has 0 unspecified atom stereocenters. The van der Waals surface area contributed by atoms with E-state index in [1.807, 2.05) is 0 Å². The predicted molar refractivity (Wildman–Crippen MR) is 111 cm³/mol. The summed E-state index contributed by atoms with van der Waals surface area (Å²) >= 11 is 0. The SMILES string of the molecule is CCOc1ccc(C=C2C(=O)N(c3ccc(C(=O)O)cc3)N=C2C(F)(F)F)cc1OCC. The van der Waals surface area contributed by atoms with Crippen molar-refractivity contribution in [1.29, 1.82) is 0 Å². The van der Waals surface area contributed by atoms with Crippen molar-refractivity contribution in [3.8, 4) is 11.5 Å². The molecule has 1 aliphatic rings. The monoisotopic (exact) mass is 448 g/mol. The fourth-order valence-corrected chi connectivity index (χ4v) is 3.00. The lowest BCUT2D eigenvalue weighted by Crippen LogP contribution is -2.25. The number of alkyl halides is 3. The maximum absolute atomic E-state index is 13.6. The molecule has 0 spiro atoms. The largest absolute Gasteiger partial charge is 0.490 e. The van der Waals surface area contributed by atoms with E-state index in [-0.39, 0.29) is 11.3 Å². The smallest absolute Gasteiger partial charge is 0.435 e. The van der Waals surface area contributed by atoms with Gasteiger partial charge in [0.15, 0.2) is 17.2 Å². The summed E-state index contributed by atoms with van der Waals surface area (Å²) in [6.07, 6.45) is -3.80. The van der Waals surface area contributed by atoms with Gasteiger partial charge in [0.25, 0.3) is 5.91 Å². The Labute approximate surface area is 181 Å². The number of carbonyl (C=O) groups is 2. The lowest BCUT2D eigenvalue weighted by Gasteiger charge is -2.12. The number of carboxylic acids is 1. The van der Waals surface area contributed by atoms with Gasteiger partial charge < -0.3 is 14.6 Å². The van der Waals surface area contributed by atoms with Crippen LogP contribution in [0.3, 0.4) is 0 Å². The molecule has 7 nitrogen and oxygen atoms in total. The molecule has 3 rings (SSSR count). The van der Waals surface area contributed by atoms with E-state index in [1.165, 1.54) is 36.4 Å². The zero-order valence-electron chi connectivity index (χ0n) is 17.1. The molecule has 0 bridgehead atoms. The fourth-order valence-electron chi connectivity index (χ4n) is 3.00. The molecule has 0 aromatic heterocycles. The Morgan fingerprint density at radius 3 is 2.25 bits per heavy atom. The molecular formula is C22H19F3N2O5. The van der Waals surface area contributed by atoms with Crippen molar-refractivity contribution in [3.05, 3.63) is 59.2 Å². The van der Waals surface area contributed by atoms with E-state index in [9.17, 15) is 22.8 Å². The highest BCUT2D eigenvalue weighted by atomic mass is 19.4. The second-order valence-corrected chi connectivity index (χ2v) is 6.55. The van der Waals surface area contributed by atoms with Gasteiger partial charge in [0.2, 0.25) is 0 Å². The number of rotatable bonds is 7. The van der Waals surface area contributed by atoms with Crippen molar-refractivity contribution < 1.29 is 37.3 Å². The van der Waals surface area contributed by atoms with Gasteiger partial charge >= 0.3 is 12.1 Å². The Hall–Kier alpha value is -3.82. The van der Waals surface area contributed by atoms with Crippen LogP contribution in [0, 0.1) is 0 Å². The highest BCUT2D eigenvalue weighted by Gasteiger charge is 2.46. The summed E-state index contributed by atoms with van der Waals surface area (Å²) in [5, 5.41) is 13.0. The molecule has 1 aliphatic heterocycles. The minimum absolute atomic E-state index is 0.00634. The molecule has 0 aliphatic carbocycles. The van der Waals surface area contributed by atoms with Gasteiger partial charge in [0, 0.05) is 0 Å². The minimum atomic E-state index is -4.88. The lowest BCUT2D eigenvalue weighted by molar-refractivity contribution is -0.114. The van der Waals surface area contributed by atoms with Gasteiger partial charge in [0.1, 0.15) is 0 Å². The van der Waals surface area contributed by atoms with E-state index < -0.39 is 29.3 Å². The second kappa shape index (κ2) is 9.13. The second-order valence-electron chi connectivity index (χ2n) is 6.55. The number of halogens is 3. The first-order valence-corrected chi connectivity index (χ1v) is 9.61. The molecule has 0 saturated carbocycles. The molecule has 168 valence electrons. The van der Waals surface area contributed by atoms with Crippen molar-refractivity contribution in [3.63, 3.8) is 0 Å². The first-order chi connectivity index (χ1) is 15.2. The highest BCUT2D eigenvalue weighted by molar-refractivity contribution is 6.34. The van der Waals surface area contributed by atoms with Crippen LogP contribution in [0.5, 0.6) is 11.5 Å². The van der Waals surface area contributed by atoms with Crippen LogP contribution >= 0.6 is 0 Å². The summed E-state index contributed by atoms with van der Waals surface area (Å²) < 4.78 is 51.8. The van der Waals surface area contributed by atoms with Crippen LogP contribution in [0.4, 0.5) is 18.9 Å². The van der Waals surface area contributed by atoms with Gasteiger partial charge in [-0.2, -0.15) is 23.3 Å². The van der Waals surface area contributed by atoms with Gasteiger partial charge in [-0.25, -0.2) is 4.79 Å². The molecular weight excluding hydrogens is 429 g/mol. The average molecular weight is 448 g/mol. The summed E-state index contributed by atoms with van der Waals surface area (Å²) in [4.78, 5) is 23.8. The summed E-state index contributed by atoms with van der Waals surface area (Å²) in [6, 6.07) is 9.32. The quantitative estimate of drug-likeness (QED) is 0.629. The predicted octanol–water partition coefficient (Wildman–Crippen LogP) is 4.53. The molecule has 1 amide bonds. The molecule has 0 saturated heterocycles. The number of ether oxygens (including phenoxy) is 2. The standard InChI is InChI=1S/C22H19F3N2O5/c1-3-31-17-10-5-13(12-18(17)32-4-2)11-16-19(22(23,24)25)26-27(20(16)28)15-8-6-14(7-9-15)21(29)30/h5-12H,3-4H2,1-2H3,(H,29,30). The van der Waals surface area contributed by atoms with Crippen LogP contribution in [0.15, 0.2) is 53.1 Å². The number of anilines is 1. The van der Waals surface area contributed by atoms with Crippen molar-refractivity contribution in [2.24, 2.45) is 5.10 Å². The van der Waals surface area contributed by atoms with Crippen LogP contribution < -0.4 is 14.5 Å². The van der Waals surface area contributed by atoms with E-state index >= 15 is 0 Å². The van der Waals surface area contributed by atoms with Gasteiger partial charge in [-0.15, -0.1) is 0 Å². The van der Waals surface area contributed by atoms with Crippen LogP contribution in [0.2, 0.25) is 0 Å². The summed E-state index contributed by atoms with van der Waals surface area (Å²) in [7, 11) is 0. The number of hydrazone groups is 1. The molecule has 0 radical (unpaired) electrons. The molecule has 0 fully saturated rings. The van der Waals surface area contributed by atoms with Gasteiger partial charge in [-0.1, -0.05) is 6.07 Å². The topological polar surface area (TPSA) is 88.4 Å². The molecule has 1 N–H and O–H groups in total. The third-order valence-corrected chi connectivity index (χ3v) is 4.38. The van der Waals surface area contributed by atoms with Crippen LogP contribution in [-0.4, -0.2) is 42.1 Å².